The molecule has 56 heavy (non-hydrogen) atoms. The Kier molecular flexibility index (Phi) is 26.9. The Morgan fingerprint density at radius 2 is 1.23 bits per heavy atom. The third-order valence-corrected chi connectivity index (χ3v) is 10.1. The molecule has 2 fully saturated rings. The number of amides is 1. The van der Waals surface area contributed by atoms with Crippen molar-refractivity contribution >= 4 is 5.91 Å². The van der Waals surface area contributed by atoms with Crippen LogP contribution in [0.5, 0.6) is 0 Å². The van der Waals surface area contributed by atoms with Crippen LogP contribution in [0, 0.1) is 0 Å². The highest BCUT2D eigenvalue weighted by atomic mass is 16.7. The van der Waals surface area contributed by atoms with Crippen molar-refractivity contribution in [3.8, 4) is 0 Å². The number of rotatable bonds is 29. The van der Waals surface area contributed by atoms with Gasteiger partial charge in [0, 0.05) is 6.42 Å². The second-order valence-corrected chi connectivity index (χ2v) is 14.7. The van der Waals surface area contributed by atoms with E-state index in [0.717, 1.165) is 70.6 Å². The van der Waals surface area contributed by atoms with Gasteiger partial charge in [0.25, 0.3) is 0 Å². The Morgan fingerprint density at radius 1 is 0.661 bits per heavy atom. The Bertz CT molecular complexity index is 1130. The topological polar surface area (TPSA) is 228 Å². The predicted molar refractivity (Wildman–Crippen MR) is 212 cm³/mol. The first kappa shape index (κ1) is 50.1. The summed E-state index contributed by atoms with van der Waals surface area (Å²) in [7, 11) is 0. The van der Waals surface area contributed by atoms with E-state index in [-0.39, 0.29) is 18.9 Å². The number of aliphatic hydroxyl groups excluding tert-OH is 8. The lowest BCUT2D eigenvalue weighted by molar-refractivity contribution is -0.359. The van der Waals surface area contributed by atoms with Gasteiger partial charge in [0.05, 0.1) is 32.0 Å². The van der Waals surface area contributed by atoms with Gasteiger partial charge in [0.1, 0.15) is 48.8 Å². The Morgan fingerprint density at radius 3 is 1.86 bits per heavy atom. The molecule has 2 heterocycles. The normalized spacial score (nSPS) is 29.9. The second kappa shape index (κ2) is 30.1. The van der Waals surface area contributed by atoms with Crippen molar-refractivity contribution in [2.24, 2.45) is 0 Å². The van der Waals surface area contributed by atoms with Crippen LogP contribution < -0.4 is 5.32 Å². The molecule has 324 valence electrons. The van der Waals surface area contributed by atoms with E-state index in [4.69, 9.17) is 18.9 Å². The molecule has 0 radical (unpaired) electrons. The molecule has 0 aliphatic carbocycles. The maximum atomic E-state index is 13.0. The molecule has 0 aromatic carbocycles. The van der Waals surface area contributed by atoms with Crippen LogP contribution in [0.2, 0.25) is 0 Å². The summed E-state index contributed by atoms with van der Waals surface area (Å²) < 4.78 is 22.5. The molecule has 2 aliphatic heterocycles. The summed E-state index contributed by atoms with van der Waals surface area (Å²) in [6.45, 7) is 2.60. The van der Waals surface area contributed by atoms with Crippen LogP contribution in [0.1, 0.15) is 117 Å². The van der Waals surface area contributed by atoms with E-state index in [1.807, 2.05) is 0 Å². The zero-order chi connectivity index (χ0) is 41.1. The van der Waals surface area contributed by atoms with Crippen molar-refractivity contribution in [3.05, 3.63) is 48.6 Å². The predicted octanol–water partition coefficient (Wildman–Crippen LogP) is 2.98. The number of allylic oxidation sites excluding steroid dienone is 8. The minimum Gasteiger partial charge on any atom is -0.394 e. The van der Waals surface area contributed by atoms with Gasteiger partial charge in [-0.05, 0) is 51.4 Å². The molecule has 12 atom stereocenters. The molecule has 2 aliphatic rings. The van der Waals surface area contributed by atoms with Gasteiger partial charge < -0.3 is 65.1 Å². The fourth-order valence-electron chi connectivity index (χ4n) is 6.58. The van der Waals surface area contributed by atoms with Crippen LogP contribution in [-0.4, -0.2) is 140 Å². The third-order valence-electron chi connectivity index (χ3n) is 10.1. The molecule has 9 N–H and O–H groups in total. The monoisotopic (exact) mass is 800 g/mol. The first-order chi connectivity index (χ1) is 27.1. The molecular weight excluding hydrogens is 726 g/mol. The lowest BCUT2D eigenvalue weighted by Gasteiger charge is -2.46. The van der Waals surface area contributed by atoms with E-state index in [0.29, 0.717) is 12.8 Å². The molecule has 0 spiro atoms. The van der Waals surface area contributed by atoms with E-state index in [1.165, 1.54) is 12.8 Å². The molecule has 2 saturated heterocycles. The first-order valence-corrected chi connectivity index (χ1v) is 20.9. The van der Waals surface area contributed by atoms with E-state index in [1.54, 1.807) is 0 Å². The Labute approximate surface area is 333 Å². The number of hydrogen-bond donors (Lipinski definition) is 9. The summed E-state index contributed by atoms with van der Waals surface area (Å²) in [5.41, 5.74) is 0. The lowest BCUT2D eigenvalue weighted by atomic mass is 9.97. The molecular formula is C42H73NO13. The summed E-state index contributed by atoms with van der Waals surface area (Å²) in [6, 6.07) is -0.847. The number of hydrogen-bond acceptors (Lipinski definition) is 13. The smallest absolute Gasteiger partial charge is 0.220 e. The fraction of sp³-hybridized carbons (Fsp3) is 0.786. The van der Waals surface area contributed by atoms with Crippen molar-refractivity contribution < 1.29 is 64.6 Å². The molecule has 0 aromatic heterocycles. The van der Waals surface area contributed by atoms with Crippen LogP contribution in [0.25, 0.3) is 0 Å². The molecule has 1 amide bonds. The number of aliphatic hydroxyl groups is 8. The highest BCUT2D eigenvalue weighted by Gasteiger charge is 2.50. The van der Waals surface area contributed by atoms with Crippen LogP contribution in [0.3, 0.4) is 0 Å². The standard InChI is InChI=1S/C42H73NO13/c1-3-5-7-9-11-12-13-14-15-16-17-18-20-22-24-26-34(47)43-30(31(46)25-23-21-19-10-8-6-4-2)29-53-41-39(52)37(50)40(33(28-45)55-41)56-42-38(51)36(49)35(48)32(27-44)54-42/h5,7,11-12,14-15,17-18,30-33,35-42,44-46,48-52H,3-4,6,8-10,13,16,19-29H2,1-2H3,(H,43,47)/b7-5-,12-11-,15-14-,18-17-. The zero-order valence-electron chi connectivity index (χ0n) is 33.6. The van der Waals surface area contributed by atoms with Gasteiger partial charge in [-0.25, -0.2) is 0 Å². The molecule has 0 saturated carbocycles. The molecule has 0 bridgehead atoms. The quantitative estimate of drug-likeness (QED) is 0.0392. The van der Waals surface area contributed by atoms with Crippen LogP contribution in [-0.2, 0) is 23.7 Å². The van der Waals surface area contributed by atoms with E-state index >= 15 is 0 Å². The highest BCUT2D eigenvalue weighted by Crippen LogP contribution is 2.30. The van der Waals surface area contributed by atoms with Gasteiger partial charge in [-0.15, -0.1) is 0 Å². The van der Waals surface area contributed by atoms with E-state index < -0.39 is 86.8 Å². The second-order valence-electron chi connectivity index (χ2n) is 14.7. The van der Waals surface area contributed by atoms with Crippen molar-refractivity contribution in [1.82, 2.24) is 5.32 Å². The lowest BCUT2D eigenvalue weighted by Crippen LogP contribution is -2.65. The van der Waals surface area contributed by atoms with Crippen LogP contribution in [0.4, 0.5) is 0 Å². The Hall–Kier alpha value is -2.05. The van der Waals surface area contributed by atoms with Gasteiger partial charge in [-0.1, -0.05) is 107 Å². The number of nitrogens with one attached hydrogen (secondary N) is 1. The van der Waals surface area contributed by atoms with Crippen molar-refractivity contribution in [1.29, 1.82) is 0 Å². The van der Waals surface area contributed by atoms with Crippen LogP contribution >= 0.6 is 0 Å². The summed E-state index contributed by atoms with van der Waals surface area (Å²) in [6.07, 6.45) is 14.5. The average Bonchev–Trinajstić information content (AvgIpc) is 3.19. The number of ether oxygens (including phenoxy) is 4. The summed E-state index contributed by atoms with van der Waals surface area (Å²) >= 11 is 0. The highest BCUT2D eigenvalue weighted by molar-refractivity contribution is 5.76. The maximum absolute atomic E-state index is 13.0. The summed E-state index contributed by atoms with van der Waals surface area (Å²) in [5, 5.41) is 86.1. The molecule has 14 heteroatoms. The van der Waals surface area contributed by atoms with Gasteiger partial charge in [0.2, 0.25) is 5.91 Å². The SMILES string of the molecule is CC/C=C\C/C=C\C/C=C\C/C=C\CCCCC(=O)NC(COC1OC(CO)C(OC2OC(CO)C(O)C(O)C2O)C(O)C1O)C(O)CCCCCCCCC. The molecule has 12 unspecified atom stereocenters. The maximum Gasteiger partial charge on any atom is 0.220 e. The Balaban J connectivity index is 1.91. The first-order valence-electron chi connectivity index (χ1n) is 20.9. The average molecular weight is 800 g/mol. The fourth-order valence-corrected chi connectivity index (χ4v) is 6.58. The minimum absolute atomic E-state index is 0.249. The number of carbonyl (C=O) groups excluding carboxylic acids is 1. The van der Waals surface area contributed by atoms with Gasteiger partial charge in [0.15, 0.2) is 12.6 Å². The largest absolute Gasteiger partial charge is 0.394 e. The third kappa shape index (κ3) is 18.7. The van der Waals surface area contributed by atoms with Crippen molar-refractivity contribution in [3.63, 3.8) is 0 Å². The minimum atomic E-state index is -1.78. The summed E-state index contributed by atoms with van der Waals surface area (Å²) in [4.78, 5) is 13.0. The van der Waals surface area contributed by atoms with Crippen molar-refractivity contribution in [2.45, 2.75) is 190 Å². The number of carbonyl (C=O) groups is 1. The van der Waals surface area contributed by atoms with Gasteiger partial charge in [-0.2, -0.15) is 0 Å². The zero-order valence-corrected chi connectivity index (χ0v) is 33.6. The summed E-state index contributed by atoms with van der Waals surface area (Å²) in [5.74, 6) is -0.256. The molecule has 2 rings (SSSR count). The number of unbranched alkanes of at least 4 members (excludes halogenated alkanes) is 8. The molecule has 0 aromatic rings. The van der Waals surface area contributed by atoms with Crippen molar-refractivity contribution in [2.75, 3.05) is 19.8 Å². The van der Waals surface area contributed by atoms with Gasteiger partial charge >= 0.3 is 0 Å². The molecule has 14 nitrogen and oxygen atoms in total. The van der Waals surface area contributed by atoms with Crippen LogP contribution in [0.15, 0.2) is 48.6 Å². The van der Waals surface area contributed by atoms with E-state index in [2.05, 4.69) is 67.8 Å². The van der Waals surface area contributed by atoms with Gasteiger partial charge in [-0.3, -0.25) is 4.79 Å². The van der Waals surface area contributed by atoms with E-state index in [9.17, 15) is 45.6 Å².